The van der Waals surface area contributed by atoms with Crippen LogP contribution in [0, 0.1) is 5.92 Å². The highest BCUT2D eigenvalue weighted by Crippen LogP contribution is 2.28. The van der Waals surface area contributed by atoms with E-state index in [2.05, 4.69) is 15.6 Å². The highest BCUT2D eigenvalue weighted by molar-refractivity contribution is 6.27. The van der Waals surface area contributed by atoms with Crippen molar-refractivity contribution in [2.45, 2.75) is 25.4 Å². The topological polar surface area (TPSA) is 59.8 Å². The van der Waals surface area contributed by atoms with Crippen LogP contribution in [0.25, 0.3) is 0 Å². The van der Waals surface area contributed by atoms with Gasteiger partial charge in [0, 0.05) is 18.8 Å². The van der Waals surface area contributed by atoms with Gasteiger partial charge in [-0.1, -0.05) is 5.21 Å². The van der Waals surface area contributed by atoms with Gasteiger partial charge >= 0.3 is 0 Å². The zero-order chi connectivity index (χ0) is 10.7. The molecule has 0 saturated heterocycles. The molecule has 1 aliphatic rings. The summed E-state index contributed by atoms with van der Waals surface area (Å²) in [7, 11) is 0. The minimum Gasteiger partial charge on any atom is -0.352 e. The first-order chi connectivity index (χ1) is 7.28. The van der Waals surface area contributed by atoms with E-state index in [1.165, 1.54) is 0 Å². The fourth-order valence-electron chi connectivity index (χ4n) is 1.86. The Kier molecular flexibility index (Phi) is 3.20. The second-order valence-corrected chi connectivity index (χ2v) is 4.13. The molecule has 0 aromatic carbocycles. The van der Waals surface area contributed by atoms with E-state index in [4.69, 9.17) is 11.6 Å². The first kappa shape index (κ1) is 10.4. The Morgan fingerprint density at radius 2 is 2.40 bits per heavy atom. The quantitative estimate of drug-likeness (QED) is 0.760. The van der Waals surface area contributed by atoms with E-state index >= 15 is 0 Å². The van der Waals surface area contributed by atoms with Gasteiger partial charge in [0.25, 0.3) is 0 Å². The summed E-state index contributed by atoms with van der Waals surface area (Å²) in [4.78, 5) is 11.0. The van der Waals surface area contributed by atoms with E-state index in [1.54, 1.807) is 6.20 Å². The van der Waals surface area contributed by atoms with Crippen LogP contribution in [-0.2, 0) is 11.3 Å². The Hall–Kier alpha value is -1.10. The maximum atomic E-state index is 11.0. The fraction of sp³-hybridized carbons (Fsp3) is 0.667. The van der Waals surface area contributed by atoms with Crippen molar-refractivity contribution < 1.29 is 4.79 Å². The third kappa shape index (κ3) is 2.68. The molecule has 0 bridgehead atoms. The molecule has 1 aliphatic carbocycles. The number of hydrogen-bond acceptors (Lipinski definition) is 3. The van der Waals surface area contributed by atoms with Gasteiger partial charge in [-0.3, -0.25) is 9.48 Å². The van der Waals surface area contributed by atoms with Gasteiger partial charge in [0.05, 0.1) is 6.20 Å². The molecular weight excluding hydrogens is 216 g/mol. The molecule has 0 unspecified atom stereocenters. The lowest BCUT2D eigenvalue weighted by atomic mass is 9.80. The van der Waals surface area contributed by atoms with Gasteiger partial charge < -0.3 is 5.32 Å². The molecule has 5 nitrogen and oxygen atoms in total. The lowest BCUT2D eigenvalue weighted by Crippen LogP contribution is -2.45. The smallest absolute Gasteiger partial charge is 0.235 e. The molecule has 6 heteroatoms. The molecule has 0 aliphatic heterocycles. The Balaban J connectivity index is 1.68. The average Bonchev–Trinajstić information content (AvgIpc) is 2.66. The molecule has 0 spiro atoms. The third-order valence-corrected chi connectivity index (χ3v) is 2.88. The standard InChI is InChI=1S/C9H13ClN4O/c10-5-9(15)12-8-3-7(4-8)6-14-2-1-11-13-14/h1-2,7-8H,3-6H2,(H,12,15). The van der Waals surface area contributed by atoms with Gasteiger partial charge in [-0.15, -0.1) is 16.7 Å². The number of nitrogens with one attached hydrogen (secondary N) is 1. The number of rotatable bonds is 4. The number of alkyl halides is 1. The number of nitrogens with zero attached hydrogens (tertiary/aromatic N) is 3. The van der Waals surface area contributed by atoms with E-state index in [0.29, 0.717) is 12.0 Å². The van der Waals surface area contributed by atoms with Crippen LogP contribution in [0.1, 0.15) is 12.8 Å². The molecule has 1 aromatic rings. The van der Waals surface area contributed by atoms with Crippen LogP contribution >= 0.6 is 11.6 Å². The van der Waals surface area contributed by atoms with Crippen molar-refractivity contribution >= 4 is 17.5 Å². The molecule has 1 heterocycles. The van der Waals surface area contributed by atoms with Crippen LogP contribution in [0.15, 0.2) is 12.4 Å². The normalized spacial score (nSPS) is 24.6. The van der Waals surface area contributed by atoms with E-state index < -0.39 is 0 Å². The zero-order valence-electron chi connectivity index (χ0n) is 8.27. The van der Waals surface area contributed by atoms with Gasteiger partial charge in [-0.05, 0) is 18.8 Å². The minimum atomic E-state index is -0.0825. The molecule has 1 aromatic heterocycles. The summed E-state index contributed by atoms with van der Waals surface area (Å²) in [6, 6.07) is 0.296. The maximum Gasteiger partial charge on any atom is 0.235 e. The van der Waals surface area contributed by atoms with E-state index in [9.17, 15) is 4.79 Å². The van der Waals surface area contributed by atoms with Crippen LogP contribution in [-0.4, -0.2) is 32.8 Å². The first-order valence-corrected chi connectivity index (χ1v) is 5.51. The van der Waals surface area contributed by atoms with Crippen LogP contribution in [0.3, 0.4) is 0 Å². The molecule has 2 rings (SSSR count). The highest BCUT2D eigenvalue weighted by atomic mass is 35.5. The van der Waals surface area contributed by atoms with Crippen molar-refractivity contribution in [3.05, 3.63) is 12.4 Å². The summed E-state index contributed by atoms with van der Waals surface area (Å²) in [5, 5.41) is 10.5. The van der Waals surface area contributed by atoms with Gasteiger partial charge in [-0.2, -0.15) is 0 Å². The van der Waals surface area contributed by atoms with Gasteiger partial charge in [0.2, 0.25) is 5.91 Å². The van der Waals surface area contributed by atoms with Crippen LogP contribution in [0.2, 0.25) is 0 Å². The van der Waals surface area contributed by atoms with Crippen molar-refractivity contribution in [2.24, 2.45) is 5.92 Å². The van der Waals surface area contributed by atoms with Crippen molar-refractivity contribution in [3.8, 4) is 0 Å². The lowest BCUT2D eigenvalue weighted by Gasteiger charge is -2.35. The second-order valence-electron chi connectivity index (χ2n) is 3.86. The van der Waals surface area contributed by atoms with Crippen LogP contribution < -0.4 is 5.32 Å². The molecule has 0 radical (unpaired) electrons. The van der Waals surface area contributed by atoms with Crippen molar-refractivity contribution in [1.29, 1.82) is 0 Å². The van der Waals surface area contributed by atoms with Crippen LogP contribution in [0.5, 0.6) is 0 Å². The second kappa shape index (κ2) is 4.61. The van der Waals surface area contributed by atoms with Gasteiger partial charge in [0.15, 0.2) is 0 Å². The number of hydrogen-bond donors (Lipinski definition) is 1. The van der Waals surface area contributed by atoms with Gasteiger partial charge in [0.1, 0.15) is 5.88 Å². The number of amides is 1. The fourth-order valence-corrected chi connectivity index (χ4v) is 1.94. The van der Waals surface area contributed by atoms with Crippen LogP contribution in [0.4, 0.5) is 0 Å². The maximum absolute atomic E-state index is 11.0. The summed E-state index contributed by atoms with van der Waals surface area (Å²) in [6.07, 6.45) is 5.53. The summed E-state index contributed by atoms with van der Waals surface area (Å²) in [6.45, 7) is 0.882. The predicted octanol–water partition coefficient (Wildman–Crippen LogP) is 0.412. The number of aromatic nitrogens is 3. The Labute approximate surface area is 92.8 Å². The van der Waals surface area contributed by atoms with Crippen molar-refractivity contribution in [2.75, 3.05) is 5.88 Å². The lowest BCUT2D eigenvalue weighted by molar-refractivity contribution is -0.120. The SMILES string of the molecule is O=C(CCl)NC1CC(Cn2ccnn2)C1. The first-order valence-electron chi connectivity index (χ1n) is 4.97. The third-order valence-electron chi connectivity index (χ3n) is 2.64. The molecule has 1 fully saturated rings. The minimum absolute atomic E-state index is 0.0459. The number of carbonyl (C=O) groups excluding carboxylic acids is 1. The molecule has 1 saturated carbocycles. The largest absolute Gasteiger partial charge is 0.352 e. The van der Waals surface area contributed by atoms with Gasteiger partial charge in [-0.25, -0.2) is 0 Å². The molecule has 82 valence electrons. The van der Waals surface area contributed by atoms with E-state index in [1.807, 2.05) is 10.9 Å². The van der Waals surface area contributed by atoms with E-state index in [-0.39, 0.29) is 11.8 Å². The summed E-state index contributed by atoms with van der Waals surface area (Å²) in [5.41, 5.74) is 0. The zero-order valence-corrected chi connectivity index (χ0v) is 9.02. The molecule has 1 amide bonds. The molecule has 1 N–H and O–H groups in total. The number of halogens is 1. The Bertz CT molecular complexity index is 321. The Morgan fingerprint density at radius 1 is 1.60 bits per heavy atom. The summed E-state index contributed by atoms with van der Waals surface area (Å²) < 4.78 is 1.82. The monoisotopic (exact) mass is 228 g/mol. The number of carbonyl (C=O) groups is 1. The Morgan fingerprint density at radius 3 is 3.00 bits per heavy atom. The summed E-state index contributed by atoms with van der Waals surface area (Å²) in [5.74, 6) is 0.553. The van der Waals surface area contributed by atoms with Crippen molar-refractivity contribution in [1.82, 2.24) is 20.3 Å². The summed E-state index contributed by atoms with van der Waals surface area (Å²) >= 11 is 5.39. The highest BCUT2D eigenvalue weighted by Gasteiger charge is 2.30. The predicted molar refractivity (Wildman–Crippen MR) is 55.4 cm³/mol. The van der Waals surface area contributed by atoms with Crippen molar-refractivity contribution in [3.63, 3.8) is 0 Å². The molecule has 0 atom stereocenters. The average molecular weight is 229 g/mol. The molecular formula is C9H13ClN4O. The van der Waals surface area contributed by atoms with E-state index in [0.717, 1.165) is 19.4 Å². The molecule has 15 heavy (non-hydrogen) atoms.